The van der Waals surface area contributed by atoms with Crippen LogP contribution in [0.1, 0.15) is 17.9 Å². The molecule has 0 radical (unpaired) electrons. The molecule has 0 saturated carbocycles. The van der Waals surface area contributed by atoms with Crippen LogP contribution in [0.4, 0.5) is 0 Å². The molecule has 1 rings (SSSR count). The molecule has 0 aliphatic heterocycles. The van der Waals surface area contributed by atoms with Crippen molar-refractivity contribution in [2.24, 2.45) is 0 Å². The first kappa shape index (κ1) is 9.09. The summed E-state index contributed by atoms with van der Waals surface area (Å²) in [6.45, 7) is 0. The molecule has 1 aromatic rings. The summed E-state index contributed by atoms with van der Waals surface area (Å²) in [5.74, 6) is 0.483. The van der Waals surface area contributed by atoms with Crippen molar-refractivity contribution >= 4 is 11.6 Å². The number of nitrogens with zero attached hydrogens (tertiary/aromatic N) is 1. The van der Waals surface area contributed by atoms with E-state index in [9.17, 15) is 0 Å². The minimum atomic E-state index is -0.0521. The highest BCUT2D eigenvalue weighted by Gasteiger charge is 2.07. The van der Waals surface area contributed by atoms with Crippen molar-refractivity contribution in [2.45, 2.75) is 12.3 Å². The Labute approximate surface area is 77.6 Å². The molecule has 2 heteroatoms. The average molecular weight is 180 g/mol. The smallest absolute Gasteiger partial charge is 0.0724 e. The summed E-state index contributed by atoms with van der Waals surface area (Å²) >= 11 is 5.57. The van der Waals surface area contributed by atoms with Crippen LogP contribution in [0.5, 0.6) is 0 Å². The standard InChI is InChI=1S/C10H10ClN/c11-7-6-10(8-12)9-4-2-1-3-5-9/h1-5,10H,6-7H2. The van der Waals surface area contributed by atoms with Gasteiger partial charge in [-0.2, -0.15) is 5.26 Å². The molecule has 12 heavy (non-hydrogen) atoms. The molecule has 0 spiro atoms. The molecule has 0 aromatic heterocycles. The molecule has 0 bridgehead atoms. The van der Waals surface area contributed by atoms with E-state index in [1.54, 1.807) is 0 Å². The van der Waals surface area contributed by atoms with Gasteiger partial charge >= 0.3 is 0 Å². The van der Waals surface area contributed by atoms with E-state index in [-0.39, 0.29) is 5.92 Å². The first-order valence-electron chi connectivity index (χ1n) is 3.89. The van der Waals surface area contributed by atoms with Gasteiger partial charge in [0.25, 0.3) is 0 Å². The van der Waals surface area contributed by atoms with Crippen molar-refractivity contribution in [3.8, 4) is 6.07 Å². The van der Waals surface area contributed by atoms with E-state index in [0.717, 1.165) is 12.0 Å². The van der Waals surface area contributed by atoms with Crippen molar-refractivity contribution in [2.75, 3.05) is 5.88 Å². The van der Waals surface area contributed by atoms with Crippen LogP contribution in [-0.4, -0.2) is 5.88 Å². The van der Waals surface area contributed by atoms with Crippen LogP contribution < -0.4 is 0 Å². The predicted octanol–water partition coefficient (Wildman–Crippen LogP) is 2.92. The summed E-state index contributed by atoms with van der Waals surface area (Å²) in [7, 11) is 0. The zero-order valence-electron chi connectivity index (χ0n) is 6.70. The van der Waals surface area contributed by atoms with Crippen molar-refractivity contribution in [1.82, 2.24) is 0 Å². The Morgan fingerprint density at radius 2 is 2.00 bits per heavy atom. The van der Waals surface area contributed by atoms with Gasteiger partial charge in [-0.25, -0.2) is 0 Å². The van der Waals surface area contributed by atoms with Gasteiger partial charge in [-0.3, -0.25) is 0 Å². The molecule has 0 aliphatic carbocycles. The van der Waals surface area contributed by atoms with Gasteiger partial charge in [0.2, 0.25) is 0 Å². The van der Waals surface area contributed by atoms with E-state index in [4.69, 9.17) is 16.9 Å². The Kier molecular flexibility index (Phi) is 3.63. The fourth-order valence-corrected chi connectivity index (χ4v) is 1.32. The Morgan fingerprint density at radius 3 is 2.50 bits per heavy atom. The molecule has 0 fully saturated rings. The summed E-state index contributed by atoms with van der Waals surface area (Å²) in [6, 6.07) is 12.0. The van der Waals surface area contributed by atoms with E-state index < -0.39 is 0 Å². The first-order chi connectivity index (χ1) is 5.88. The summed E-state index contributed by atoms with van der Waals surface area (Å²) in [4.78, 5) is 0. The maximum atomic E-state index is 8.80. The van der Waals surface area contributed by atoms with E-state index in [1.165, 1.54) is 0 Å². The van der Waals surface area contributed by atoms with Gasteiger partial charge in [-0.1, -0.05) is 30.3 Å². The molecule has 0 heterocycles. The lowest BCUT2D eigenvalue weighted by molar-refractivity contribution is 0.824. The van der Waals surface area contributed by atoms with Gasteiger partial charge in [0.05, 0.1) is 12.0 Å². The quantitative estimate of drug-likeness (QED) is 0.655. The van der Waals surface area contributed by atoms with Gasteiger partial charge in [-0.05, 0) is 12.0 Å². The minimum absolute atomic E-state index is 0.0521. The Hall–Kier alpha value is -1.00. The number of nitriles is 1. The van der Waals surface area contributed by atoms with E-state index in [1.807, 2.05) is 30.3 Å². The minimum Gasteiger partial charge on any atom is -0.198 e. The van der Waals surface area contributed by atoms with Crippen LogP contribution in [-0.2, 0) is 0 Å². The number of halogens is 1. The SMILES string of the molecule is N#CC(CCCl)c1ccccc1. The second kappa shape index (κ2) is 4.79. The van der Waals surface area contributed by atoms with Crippen molar-refractivity contribution in [3.05, 3.63) is 35.9 Å². The number of hydrogen-bond acceptors (Lipinski definition) is 1. The summed E-state index contributed by atoms with van der Waals surface area (Å²) in [5.41, 5.74) is 1.06. The highest BCUT2D eigenvalue weighted by Crippen LogP contribution is 2.18. The third-order valence-electron chi connectivity index (χ3n) is 1.76. The summed E-state index contributed by atoms with van der Waals surface area (Å²) in [6.07, 6.45) is 0.724. The van der Waals surface area contributed by atoms with Gasteiger partial charge in [0.1, 0.15) is 0 Å². The average Bonchev–Trinajstić information content (AvgIpc) is 2.15. The Morgan fingerprint density at radius 1 is 1.33 bits per heavy atom. The Balaban J connectivity index is 2.75. The molecule has 0 saturated heterocycles. The van der Waals surface area contributed by atoms with Crippen LogP contribution in [0.3, 0.4) is 0 Å². The third-order valence-corrected chi connectivity index (χ3v) is 1.97. The van der Waals surface area contributed by atoms with Crippen molar-refractivity contribution in [3.63, 3.8) is 0 Å². The molecule has 0 aliphatic rings. The van der Waals surface area contributed by atoms with E-state index in [2.05, 4.69) is 6.07 Å². The largest absolute Gasteiger partial charge is 0.198 e. The van der Waals surface area contributed by atoms with Crippen LogP contribution in [0.15, 0.2) is 30.3 Å². The maximum Gasteiger partial charge on any atom is 0.0724 e. The molecule has 1 nitrogen and oxygen atoms in total. The molecule has 1 unspecified atom stereocenters. The van der Waals surface area contributed by atoms with Crippen LogP contribution in [0, 0.1) is 11.3 Å². The Bertz CT molecular complexity index is 263. The van der Waals surface area contributed by atoms with Crippen LogP contribution in [0.2, 0.25) is 0 Å². The van der Waals surface area contributed by atoms with Crippen LogP contribution >= 0.6 is 11.6 Å². The zero-order valence-corrected chi connectivity index (χ0v) is 7.46. The number of hydrogen-bond donors (Lipinski definition) is 0. The van der Waals surface area contributed by atoms with E-state index >= 15 is 0 Å². The number of alkyl halides is 1. The molecule has 0 amide bonds. The van der Waals surface area contributed by atoms with Crippen molar-refractivity contribution in [1.29, 1.82) is 5.26 Å². The molecule has 1 atom stereocenters. The molecule has 1 aromatic carbocycles. The maximum absolute atomic E-state index is 8.80. The second-order valence-corrected chi connectivity index (χ2v) is 2.95. The summed E-state index contributed by atoms with van der Waals surface area (Å²) < 4.78 is 0. The second-order valence-electron chi connectivity index (χ2n) is 2.57. The van der Waals surface area contributed by atoms with Gasteiger partial charge in [0.15, 0.2) is 0 Å². The van der Waals surface area contributed by atoms with Gasteiger partial charge in [0, 0.05) is 5.88 Å². The highest BCUT2D eigenvalue weighted by molar-refractivity contribution is 6.17. The van der Waals surface area contributed by atoms with Gasteiger partial charge < -0.3 is 0 Å². The zero-order chi connectivity index (χ0) is 8.81. The fourth-order valence-electron chi connectivity index (χ4n) is 1.10. The summed E-state index contributed by atoms with van der Waals surface area (Å²) in [5, 5.41) is 8.80. The van der Waals surface area contributed by atoms with Crippen LogP contribution in [0.25, 0.3) is 0 Å². The highest BCUT2D eigenvalue weighted by atomic mass is 35.5. The number of rotatable bonds is 3. The number of benzene rings is 1. The first-order valence-corrected chi connectivity index (χ1v) is 4.42. The normalized spacial score (nSPS) is 12.0. The molecular formula is C10H10ClN. The molecular weight excluding hydrogens is 170 g/mol. The topological polar surface area (TPSA) is 23.8 Å². The van der Waals surface area contributed by atoms with Gasteiger partial charge in [-0.15, -0.1) is 11.6 Å². The lowest BCUT2D eigenvalue weighted by Gasteiger charge is -2.05. The third kappa shape index (κ3) is 2.25. The van der Waals surface area contributed by atoms with E-state index in [0.29, 0.717) is 5.88 Å². The van der Waals surface area contributed by atoms with Crippen molar-refractivity contribution < 1.29 is 0 Å². The lowest BCUT2D eigenvalue weighted by Crippen LogP contribution is -1.95. The molecule has 0 N–H and O–H groups in total. The predicted molar refractivity (Wildman–Crippen MR) is 50.1 cm³/mol. The molecule has 62 valence electrons. The fraction of sp³-hybridized carbons (Fsp3) is 0.300. The monoisotopic (exact) mass is 179 g/mol. The lowest BCUT2D eigenvalue weighted by atomic mass is 9.98.